The van der Waals surface area contributed by atoms with E-state index in [2.05, 4.69) is 6.08 Å². The fraction of sp³-hybridized carbons (Fsp3) is 0.615. The Morgan fingerprint density at radius 2 is 2.06 bits per heavy atom. The maximum absolute atomic E-state index is 12.5. The molecule has 0 fully saturated rings. The maximum Gasteiger partial charge on any atom is 0.211 e. The smallest absolute Gasteiger partial charge is 0.211 e. The highest BCUT2D eigenvalue weighted by molar-refractivity contribution is 6.03. The first-order chi connectivity index (χ1) is 8.19. The summed E-state index contributed by atoms with van der Waals surface area (Å²) in [5.74, 6) is 1.07. The number of hydrogen-bond acceptors (Lipinski definition) is 4. The van der Waals surface area contributed by atoms with Gasteiger partial charge in [-0.15, -0.1) is 0 Å². The molecule has 1 spiro atoms. The van der Waals surface area contributed by atoms with E-state index in [1.165, 1.54) is 7.11 Å². The highest BCUT2D eigenvalue weighted by Gasteiger charge is 2.52. The summed E-state index contributed by atoms with van der Waals surface area (Å²) in [4.78, 5) is 12.5. The number of ketones is 1. The second-order valence-corrected chi connectivity index (χ2v) is 4.45. The third-order valence-electron chi connectivity index (χ3n) is 3.68. The normalized spacial score (nSPS) is 27.9. The number of allylic oxidation sites excluding steroid dienone is 3. The zero-order chi connectivity index (χ0) is 12.5. The molecule has 0 radical (unpaired) electrons. The lowest BCUT2D eigenvalue weighted by Gasteiger charge is -2.25. The minimum absolute atomic E-state index is 0.0395. The minimum Gasteiger partial charge on any atom is -0.497 e. The third-order valence-corrected chi connectivity index (χ3v) is 3.68. The van der Waals surface area contributed by atoms with Gasteiger partial charge in [-0.3, -0.25) is 4.79 Å². The molecule has 2 aliphatic carbocycles. The molecule has 4 nitrogen and oxygen atoms in total. The fourth-order valence-electron chi connectivity index (χ4n) is 2.81. The number of methoxy groups -OCH3 is 3. The number of carbonyl (C=O) groups excluding carboxylic acids is 1. The fourth-order valence-corrected chi connectivity index (χ4v) is 2.81. The van der Waals surface area contributed by atoms with Crippen molar-refractivity contribution in [2.24, 2.45) is 5.41 Å². The van der Waals surface area contributed by atoms with Crippen LogP contribution in [0, 0.1) is 5.41 Å². The van der Waals surface area contributed by atoms with Crippen molar-refractivity contribution in [1.82, 2.24) is 0 Å². The topological polar surface area (TPSA) is 44.8 Å². The van der Waals surface area contributed by atoms with Gasteiger partial charge in [0.25, 0.3) is 0 Å². The predicted octanol–water partition coefficient (Wildman–Crippen LogP) is 1.82. The lowest BCUT2D eigenvalue weighted by atomic mass is 9.78. The molecule has 0 heterocycles. The van der Waals surface area contributed by atoms with Gasteiger partial charge in [-0.2, -0.15) is 0 Å². The summed E-state index contributed by atoms with van der Waals surface area (Å²) >= 11 is 0. The van der Waals surface area contributed by atoms with E-state index in [-0.39, 0.29) is 5.78 Å². The van der Waals surface area contributed by atoms with Crippen molar-refractivity contribution in [3.63, 3.8) is 0 Å². The molecule has 2 rings (SSSR count). The summed E-state index contributed by atoms with van der Waals surface area (Å²) in [6.07, 6.45) is 4.44. The molecule has 0 aliphatic heterocycles. The monoisotopic (exact) mass is 238 g/mol. The van der Waals surface area contributed by atoms with Crippen molar-refractivity contribution in [1.29, 1.82) is 0 Å². The SMILES string of the molecule is COCC1=CCCC12CC(OC)=C(OC)C2=O. The standard InChI is InChI=1S/C13H18O4/c1-15-8-9-5-4-6-13(9)7-10(16-2)11(17-3)12(13)14/h5H,4,6-8H2,1-3H3. The second kappa shape index (κ2) is 4.53. The summed E-state index contributed by atoms with van der Waals surface area (Å²) in [5.41, 5.74) is 0.596. The minimum atomic E-state index is -0.466. The molecule has 0 amide bonds. The van der Waals surface area contributed by atoms with Crippen LogP contribution in [0.4, 0.5) is 0 Å². The number of rotatable bonds is 4. The van der Waals surface area contributed by atoms with Crippen molar-refractivity contribution in [2.45, 2.75) is 19.3 Å². The Labute approximate surface area is 101 Å². The van der Waals surface area contributed by atoms with Crippen LogP contribution in [-0.4, -0.2) is 33.7 Å². The Balaban J connectivity index is 2.32. The van der Waals surface area contributed by atoms with Gasteiger partial charge in [0.15, 0.2) is 0 Å². The van der Waals surface area contributed by atoms with Crippen molar-refractivity contribution >= 4 is 5.78 Å². The predicted molar refractivity (Wildman–Crippen MR) is 62.3 cm³/mol. The molecule has 0 aromatic carbocycles. The number of Topliss-reactive ketones (excluding diaryl/α,β-unsaturated/α-hetero) is 1. The van der Waals surface area contributed by atoms with Crippen LogP contribution in [-0.2, 0) is 19.0 Å². The van der Waals surface area contributed by atoms with Gasteiger partial charge in [0, 0.05) is 13.5 Å². The number of carbonyl (C=O) groups is 1. The van der Waals surface area contributed by atoms with Crippen molar-refractivity contribution in [2.75, 3.05) is 27.9 Å². The van der Waals surface area contributed by atoms with Gasteiger partial charge >= 0.3 is 0 Å². The first-order valence-corrected chi connectivity index (χ1v) is 5.74. The maximum atomic E-state index is 12.5. The third kappa shape index (κ3) is 1.67. The Morgan fingerprint density at radius 3 is 2.59 bits per heavy atom. The molecule has 0 saturated carbocycles. The Morgan fingerprint density at radius 1 is 1.29 bits per heavy atom. The molecule has 0 bridgehead atoms. The van der Waals surface area contributed by atoms with Crippen LogP contribution >= 0.6 is 0 Å². The molecule has 0 aromatic rings. The van der Waals surface area contributed by atoms with Gasteiger partial charge in [0.1, 0.15) is 5.76 Å². The Bertz CT molecular complexity index is 394. The molecular formula is C13H18O4. The quantitative estimate of drug-likeness (QED) is 0.701. The molecule has 1 unspecified atom stereocenters. The first-order valence-electron chi connectivity index (χ1n) is 5.74. The van der Waals surface area contributed by atoms with E-state index < -0.39 is 5.41 Å². The van der Waals surface area contributed by atoms with E-state index in [0.29, 0.717) is 24.5 Å². The van der Waals surface area contributed by atoms with Crippen LogP contribution in [0.1, 0.15) is 19.3 Å². The van der Waals surface area contributed by atoms with Crippen molar-refractivity contribution in [3.05, 3.63) is 23.2 Å². The average Bonchev–Trinajstić information content (AvgIpc) is 2.85. The molecule has 17 heavy (non-hydrogen) atoms. The van der Waals surface area contributed by atoms with Crippen LogP contribution in [0.25, 0.3) is 0 Å². The lowest BCUT2D eigenvalue weighted by Crippen LogP contribution is -2.29. The van der Waals surface area contributed by atoms with E-state index in [4.69, 9.17) is 14.2 Å². The van der Waals surface area contributed by atoms with Gasteiger partial charge in [0.2, 0.25) is 11.5 Å². The Kier molecular flexibility index (Phi) is 3.24. The molecule has 0 saturated heterocycles. The lowest BCUT2D eigenvalue weighted by molar-refractivity contribution is -0.124. The number of ether oxygens (including phenoxy) is 3. The van der Waals surface area contributed by atoms with Crippen molar-refractivity contribution in [3.8, 4) is 0 Å². The van der Waals surface area contributed by atoms with E-state index in [1.54, 1.807) is 14.2 Å². The van der Waals surface area contributed by atoms with Crippen LogP contribution in [0.3, 0.4) is 0 Å². The summed E-state index contributed by atoms with van der Waals surface area (Å²) in [5, 5.41) is 0. The molecule has 0 N–H and O–H groups in total. The van der Waals surface area contributed by atoms with Crippen LogP contribution in [0.5, 0.6) is 0 Å². The highest BCUT2D eigenvalue weighted by Crippen LogP contribution is 2.51. The molecule has 0 aromatic heterocycles. The summed E-state index contributed by atoms with van der Waals surface area (Å²) in [7, 11) is 4.74. The van der Waals surface area contributed by atoms with Crippen LogP contribution < -0.4 is 0 Å². The molecule has 4 heteroatoms. The molecule has 1 atom stereocenters. The summed E-state index contributed by atoms with van der Waals surface area (Å²) < 4.78 is 15.6. The van der Waals surface area contributed by atoms with E-state index in [9.17, 15) is 4.79 Å². The van der Waals surface area contributed by atoms with Gasteiger partial charge in [-0.25, -0.2) is 0 Å². The largest absolute Gasteiger partial charge is 0.497 e. The van der Waals surface area contributed by atoms with Gasteiger partial charge in [0.05, 0.1) is 26.2 Å². The summed E-state index contributed by atoms with van der Waals surface area (Å²) in [6.45, 7) is 0.500. The average molecular weight is 238 g/mol. The summed E-state index contributed by atoms with van der Waals surface area (Å²) in [6, 6.07) is 0. The number of hydrogen-bond donors (Lipinski definition) is 0. The molecule has 2 aliphatic rings. The van der Waals surface area contributed by atoms with Crippen LogP contribution in [0.15, 0.2) is 23.2 Å². The van der Waals surface area contributed by atoms with Crippen LogP contribution in [0.2, 0.25) is 0 Å². The van der Waals surface area contributed by atoms with E-state index in [1.807, 2.05) is 0 Å². The van der Waals surface area contributed by atoms with Gasteiger partial charge in [-0.05, 0) is 18.4 Å². The first kappa shape index (κ1) is 12.2. The van der Waals surface area contributed by atoms with E-state index in [0.717, 1.165) is 18.4 Å². The zero-order valence-electron chi connectivity index (χ0n) is 10.5. The highest BCUT2D eigenvalue weighted by atomic mass is 16.5. The molecular weight excluding hydrogens is 220 g/mol. The second-order valence-electron chi connectivity index (χ2n) is 4.45. The van der Waals surface area contributed by atoms with Gasteiger partial charge in [-0.1, -0.05) is 6.08 Å². The van der Waals surface area contributed by atoms with Crippen molar-refractivity contribution < 1.29 is 19.0 Å². The Hall–Kier alpha value is -1.29. The van der Waals surface area contributed by atoms with Gasteiger partial charge < -0.3 is 14.2 Å². The zero-order valence-corrected chi connectivity index (χ0v) is 10.5. The van der Waals surface area contributed by atoms with E-state index >= 15 is 0 Å². The molecule has 94 valence electrons.